The number of benzene rings is 4. The predicted octanol–water partition coefficient (Wildman–Crippen LogP) is 5.35. The van der Waals surface area contributed by atoms with Crippen LogP contribution in [0.25, 0.3) is 38.6 Å². The van der Waals surface area contributed by atoms with Crippen molar-refractivity contribution in [1.82, 2.24) is 4.57 Å². The van der Waals surface area contributed by atoms with Crippen LogP contribution in [0.2, 0.25) is 0 Å². The van der Waals surface area contributed by atoms with E-state index < -0.39 is 0 Å². The fourth-order valence-electron chi connectivity index (χ4n) is 5.20. The van der Waals surface area contributed by atoms with Crippen molar-refractivity contribution in [3.8, 4) is 16.8 Å². The maximum absolute atomic E-state index is 2.42. The molecule has 1 aliphatic carbocycles. The molecule has 6 rings (SSSR count). The minimum absolute atomic E-state index is 0.0112. The van der Waals surface area contributed by atoms with Gasteiger partial charge in [0.15, 0.2) is 0 Å². The molecule has 4 aromatic carbocycles. The number of hydrogen-bond acceptors (Lipinski definition) is 0. The predicted molar refractivity (Wildman–Crippen MR) is 127 cm³/mol. The van der Waals surface area contributed by atoms with E-state index in [9.17, 15) is 0 Å². The van der Waals surface area contributed by atoms with E-state index >= 15 is 0 Å². The quantitative estimate of drug-likeness (QED) is 0.350. The summed E-state index contributed by atoms with van der Waals surface area (Å²) in [6, 6.07) is 31.4. The Morgan fingerprint density at radius 1 is 0.655 bits per heavy atom. The molecule has 138 valence electrons. The summed E-state index contributed by atoms with van der Waals surface area (Å²) in [5.41, 5.74) is 10.6. The molecule has 0 saturated carbocycles. The average Bonchev–Trinajstić information content (AvgIpc) is 3.18. The van der Waals surface area contributed by atoms with Crippen LogP contribution in [-0.4, -0.2) is 12.4 Å². The lowest BCUT2D eigenvalue weighted by Crippen LogP contribution is -2.15. The normalized spacial score (nSPS) is 14.3. The molecule has 0 N–H and O–H groups in total. The van der Waals surface area contributed by atoms with Gasteiger partial charge < -0.3 is 4.57 Å². The van der Waals surface area contributed by atoms with Gasteiger partial charge in [-0.3, -0.25) is 0 Å². The van der Waals surface area contributed by atoms with Crippen molar-refractivity contribution in [2.24, 2.45) is 0 Å². The Kier molecular flexibility index (Phi) is 3.24. The van der Waals surface area contributed by atoms with E-state index in [4.69, 9.17) is 0 Å². The van der Waals surface area contributed by atoms with Crippen molar-refractivity contribution in [3.63, 3.8) is 0 Å². The molecule has 1 nitrogen and oxygen atoms in total. The topological polar surface area (TPSA) is 4.93 Å². The monoisotopic (exact) mass is 371 g/mol. The summed E-state index contributed by atoms with van der Waals surface area (Å²) >= 11 is 0. The molecule has 0 amide bonds. The van der Waals surface area contributed by atoms with Crippen LogP contribution in [-0.2, 0) is 5.41 Å². The second kappa shape index (κ2) is 5.64. The Bertz CT molecular complexity index is 1440. The number of para-hydroxylation sites is 1. The zero-order valence-electron chi connectivity index (χ0n) is 17.0. The van der Waals surface area contributed by atoms with Gasteiger partial charge in [-0.05, 0) is 46.5 Å². The molecular formula is C27H22BN. The minimum atomic E-state index is 0.0112. The summed E-state index contributed by atoms with van der Waals surface area (Å²) < 4.78 is 2.42. The lowest BCUT2D eigenvalue weighted by molar-refractivity contribution is 0.660. The SMILES string of the molecule is Bc1ccc2c(c1)c1ccccc1n2-c1ccc2c(c1)C(C)(C)c1ccccc1-2. The van der Waals surface area contributed by atoms with E-state index in [0.29, 0.717) is 0 Å². The molecule has 2 heteroatoms. The van der Waals surface area contributed by atoms with Crippen LogP contribution in [0.5, 0.6) is 0 Å². The average molecular weight is 371 g/mol. The second-order valence-electron chi connectivity index (χ2n) is 8.77. The van der Waals surface area contributed by atoms with Gasteiger partial charge in [-0.1, -0.05) is 80.0 Å². The highest BCUT2D eigenvalue weighted by Gasteiger charge is 2.35. The van der Waals surface area contributed by atoms with Crippen molar-refractivity contribution in [2.45, 2.75) is 19.3 Å². The maximum Gasteiger partial charge on any atom is 0.139 e. The summed E-state index contributed by atoms with van der Waals surface area (Å²) in [5, 5.41) is 2.64. The number of fused-ring (bicyclic) bond motifs is 6. The third-order valence-electron chi connectivity index (χ3n) is 6.65. The molecule has 5 aromatic rings. The second-order valence-corrected chi connectivity index (χ2v) is 8.77. The Morgan fingerprint density at radius 2 is 1.38 bits per heavy atom. The first-order chi connectivity index (χ1) is 14.1. The fourth-order valence-corrected chi connectivity index (χ4v) is 5.20. The van der Waals surface area contributed by atoms with Crippen LogP contribution >= 0.6 is 0 Å². The van der Waals surface area contributed by atoms with Crippen molar-refractivity contribution < 1.29 is 0 Å². The number of aromatic nitrogens is 1. The van der Waals surface area contributed by atoms with Crippen molar-refractivity contribution in [1.29, 1.82) is 0 Å². The van der Waals surface area contributed by atoms with Crippen LogP contribution in [0.3, 0.4) is 0 Å². The van der Waals surface area contributed by atoms with Gasteiger partial charge in [0.05, 0.1) is 11.0 Å². The third-order valence-corrected chi connectivity index (χ3v) is 6.65. The molecule has 0 spiro atoms. The maximum atomic E-state index is 2.42. The molecule has 1 aromatic heterocycles. The molecule has 0 bridgehead atoms. The molecule has 1 aliphatic rings. The van der Waals surface area contributed by atoms with Crippen molar-refractivity contribution in [2.75, 3.05) is 0 Å². The summed E-state index contributed by atoms with van der Waals surface area (Å²) in [6.07, 6.45) is 0. The van der Waals surface area contributed by atoms with Gasteiger partial charge in [0.25, 0.3) is 0 Å². The minimum Gasteiger partial charge on any atom is -0.309 e. The molecule has 0 radical (unpaired) electrons. The lowest BCUT2D eigenvalue weighted by Gasteiger charge is -2.22. The van der Waals surface area contributed by atoms with Crippen LogP contribution in [0.15, 0.2) is 84.9 Å². The van der Waals surface area contributed by atoms with E-state index in [1.807, 2.05) is 0 Å². The molecule has 0 saturated heterocycles. The molecule has 1 heterocycles. The van der Waals surface area contributed by atoms with Crippen LogP contribution in [0.1, 0.15) is 25.0 Å². The smallest absolute Gasteiger partial charge is 0.139 e. The summed E-state index contributed by atoms with van der Waals surface area (Å²) in [6.45, 7) is 4.69. The van der Waals surface area contributed by atoms with E-state index in [1.165, 1.54) is 55.2 Å². The summed E-state index contributed by atoms with van der Waals surface area (Å²) in [4.78, 5) is 0. The fraction of sp³-hybridized carbons (Fsp3) is 0.111. The molecule has 0 fully saturated rings. The highest BCUT2D eigenvalue weighted by atomic mass is 15.0. The zero-order chi connectivity index (χ0) is 19.8. The Balaban J connectivity index is 1.67. The summed E-state index contributed by atoms with van der Waals surface area (Å²) in [7, 11) is 2.17. The molecule has 29 heavy (non-hydrogen) atoms. The Labute approximate surface area is 172 Å². The van der Waals surface area contributed by atoms with Gasteiger partial charge in [-0.25, -0.2) is 0 Å². The number of nitrogens with zero attached hydrogens (tertiary/aromatic N) is 1. The number of hydrogen-bond donors (Lipinski definition) is 0. The van der Waals surface area contributed by atoms with Crippen LogP contribution in [0.4, 0.5) is 0 Å². The van der Waals surface area contributed by atoms with Gasteiger partial charge >= 0.3 is 0 Å². The molecule has 0 atom stereocenters. The first-order valence-corrected chi connectivity index (χ1v) is 10.3. The van der Waals surface area contributed by atoms with E-state index in [1.54, 1.807) is 0 Å². The van der Waals surface area contributed by atoms with Gasteiger partial charge in [-0.2, -0.15) is 0 Å². The van der Waals surface area contributed by atoms with Gasteiger partial charge in [0, 0.05) is 21.9 Å². The van der Waals surface area contributed by atoms with Crippen molar-refractivity contribution >= 4 is 35.1 Å². The third kappa shape index (κ3) is 2.17. The Morgan fingerprint density at radius 3 is 2.28 bits per heavy atom. The standard InChI is InChI=1S/C27H22BN/c1-27(2)23-9-5-3-7-19(23)20-13-12-18(16-24(20)27)29-25-10-6-4-8-21(25)22-15-17(28)11-14-26(22)29/h3-16H,28H2,1-2H3. The van der Waals surface area contributed by atoms with Gasteiger partial charge in [-0.15, -0.1) is 0 Å². The van der Waals surface area contributed by atoms with E-state index in [-0.39, 0.29) is 5.41 Å². The van der Waals surface area contributed by atoms with Crippen LogP contribution < -0.4 is 5.46 Å². The number of rotatable bonds is 1. The first-order valence-electron chi connectivity index (χ1n) is 10.3. The van der Waals surface area contributed by atoms with Gasteiger partial charge in [0.2, 0.25) is 0 Å². The largest absolute Gasteiger partial charge is 0.309 e. The van der Waals surface area contributed by atoms with E-state index in [0.717, 1.165) is 0 Å². The van der Waals surface area contributed by atoms with Crippen molar-refractivity contribution in [3.05, 3.63) is 96.1 Å². The van der Waals surface area contributed by atoms with E-state index in [2.05, 4.69) is 111 Å². The highest BCUT2D eigenvalue weighted by molar-refractivity contribution is 6.33. The first kappa shape index (κ1) is 16.7. The highest BCUT2D eigenvalue weighted by Crippen LogP contribution is 2.49. The van der Waals surface area contributed by atoms with Gasteiger partial charge in [0.1, 0.15) is 7.85 Å². The summed E-state index contributed by atoms with van der Waals surface area (Å²) in [5.74, 6) is 0. The van der Waals surface area contributed by atoms with Crippen LogP contribution in [0, 0.1) is 0 Å². The molecule has 0 aliphatic heterocycles. The Hall–Kier alpha value is -3.26. The molecule has 0 unspecified atom stereocenters. The zero-order valence-corrected chi connectivity index (χ0v) is 17.0. The lowest BCUT2D eigenvalue weighted by atomic mass is 9.82. The molecular weight excluding hydrogens is 349 g/mol.